The normalized spacial score (nSPS) is 13.0. The highest BCUT2D eigenvalue weighted by atomic mass is 32.2. The summed E-state index contributed by atoms with van der Waals surface area (Å²) in [7, 11) is 0. The van der Waals surface area contributed by atoms with Crippen molar-refractivity contribution in [1.82, 2.24) is 0 Å². The molecule has 0 aliphatic rings. The summed E-state index contributed by atoms with van der Waals surface area (Å²) in [6, 6.07) is 4.47. The Bertz CT molecular complexity index is 570. The molecule has 1 unspecified atom stereocenters. The minimum atomic E-state index is -0.856. The molecule has 0 aliphatic carbocycles. The zero-order chi connectivity index (χ0) is 23.1. The number of halogens is 1. The van der Waals surface area contributed by atoms with Crippen LogP contribution in [0, 0.1) is 13.8 Å². The Kier molecular flexibility index (Phi) is 14.8. The van der Waals surface area contributed by atoms with Crippen LogP contribution in [0.3, 0.4) is 0 Å². The molecule has 0 amide bonds. The lowest BCUT2D eigenvalue weighted by molar-refractivity contribution is 0.204. The minimum absolute atomic E-state index is 0.137. The van der Waals surface area contributed by atoms with Crippen molar-refractivity contribution in [3.8, 4) is 0 Å². The third-order valence-corrected chi connectivity index (χ3v) is 7.15. The van der Waals surface area contributed by atoms with E-state index in [1.165, 1.54) is 92.9 Å². The topological polar surface area (TPSA) is 9.23 Å². The molecule has 0 fully saturated rings. The number of rotatable bonds is 17. The van der Waals surface area contributed by atoms with Crippen LogP contribution in [0.15, 0.2) is 17.0 Å². The molecule has 1 aromatic carbocycles. The van der Waals surface area contributed by atoms with E-state index in [4.69, 9.17) is 4.18 Å². The number of hydrogen-bond donors (Lipinski definition) is 0. The van der Waals surface area contributed by atoms with Gasteiger partial charge in [-0.15, -0.1) is 0 Å². The molecular formula is C28H49FOS. The standard InChI is InChI=1S/C28H49FOS/c1-7-8-9-10-11-12-13-14-15-16-17-18-19-26(29)22-30-31-27-23(2)20-25(21-24(27)3)28(4,5)6/h20-21,26H,7-19,22H2,1-6H3. The van der Waals surface area contributed by atoms with E-state index in [0.29, 0.717) is 6.42 Å². The fourth-order valence-corrected chi connectivity index (χ4v) is 4.69. The van der Waals surface area contributed by atoms with E-state index >= 15 is 0 Å². The fraction of sp³-hybridized carbons (Fsp3) is 0.786. The van der Waals surface area contributed by atoms with E-state index < -0.39 is 6.17 Å². The maximum Gasteiger partial charge on any atom is 0.125 e. The molecule has 31 heavy (non-hydrogen) atoms. The fourth-order valence-electron chi connectivity index (χ4n) is 3.97. The van der Waals surface area contributed by atoms with Gasteiger partial charge in [0.05, 0.1) is 6.61 Å². The average Bonchev–Trinajstić information content (AvgIpc) is 2.70. The van der Waals surface area contributed by atoms with Crippen LogP contribution in [-0.2, 0) is 9.60 Å². The third-order valence-electron chi connectivity index (χ3n) is 6.09. The highest BCUT2D eigenvalue weighted by molar-refractivity contribution is 7.94. The molecule has 3 heteroatoms. The molecule has 1 nitrogen and oxygen atoms in total. The van der Waals surface area contributed by atoms with Crippen molar-refractivity contribution in [3.05, 3.63) is 28.8 Å². The average molecular weight is 453 g/mol. The van der Waals surface area contributed by atoms with Gasteiger partial charge in [0.15, 0.2) is 0 Å². The van der Waals surface area contributed by atoms with Gasteiger partial charge in [-0.05, 0) is 42.4 Å². The Hall–Kier alpha value is -0.540. The Morgan fingerprint density at radius 2 is 1.26 bits per heavy atom. The molecule has 1 atom stereocenters. The molecule has 0 aromatic heterocycles. The van der Waals surface area contributed by atoms with E-state index in [1.54, 1.807) is 0 Å². The summed E-state index contributed by atoms with van der Waals surface area (Å²) < 4.78 is 19.9. The second-order valence-corrected chi connectivity index (χ2v) is 11.1. The van der Waals surface area contributed by atoms with Crippen LogP contribution in [0.2, 0.25) is 0 Å². The van der Waals surface area contributed by atoms with Crippen LogP contribution >= 0.6 is 12.0 Å². The highest BCUT2D eigenvalue weighted by Crippen LogP contribution is 2.33. The third kappa shape index (κ3) is 12.9. The molecule has 0 heterocycles. The Labute approximate surface area is 197 Å². The SMILES string of the molecule is CCCCCCCCCCCCCCC(F)COSc1c(C)cc(C(C)(C)C)cc1C. The van der Waals surface area contributed by atoms with Crippen molar-refractivity contribution in [3.63, 3.8) is 0 Å². The number of aryl methyl sites for hydroxylation is 2. The van der Waals surface area contributed by atoms with Crippen molar-refractivity contribution < 1.29 is 8.57 Å². The van der Waals surface area contributed by atoms with Crippen molar-refractivity contribution in [2.24, 2.45) is 0 Å². The Morgan fingerprint density at radius 3 is 1.71 bits per heavy atom. The molecule has 0 bridgehead atoms. The van der Waals surface area contributed by atoms with Crippen LogP contribution in [0.4, 0.5) is 4.39 Å². The predicted molar refractivity (Wildman–Crippen MR) is 137 cm³/mol. The second-order valence-electron chi connectivity index (χ2n) is 10.3. The van der Waals surface area contributed by atoms with Crippen LogP contribution in [-0.4, -0.2) is 12.8 Å². The van der Waals surface area contributed by atoms with Gasteiger partial charge in [0, 0.05) is 16.9 Å². The molecular weight excluding hydrogens is 403 g/mol. The summed E-state index contributed by atoms with van der Waals surface area (Å²) in [6.07, 6.45) is 15.5. The quantitative estimate of drug-likeness (QED) is 0.172. The van der Waals surface area contributed by atoms with Crippen molar-refractivity contribution >= 4 is 12.0 Å². The van der Waals surface area contributed by atoms with Crippen LogP contribution in [0.1, 0.15) is 128 Å². The molecule has 1 rings (SSSR count). The van der Waals surface area contributed by atoms with Gasteiger partial charge in [-0.2, -0.15) is 0 Å². The van der Waals surface area contributed by atoms with Crippen LogP contribution in [0.25, 0.3) is 0 Å². The molecule has 0 spiro atoms. The van der Waals surface area contributed by atoms with E-state index in [9.17, 15) is 4.39 Å². The maximum absolute atomic E-state index is 14.2. The number of unbranched alkanes of at least 4 members (excludes halogenated alkanes) is 11. The first-order valence-corrected chi connectivity index (χ1v) is 13.5. The lowest BCUT2D eigenvalue weighted by atomic mass is 9.85. The van der Waals surface area contributed by atoms with Gasteiger partial charge >= 0.3 is 0 Å². The molecule has 0 radical (unpaired) electrons. The highest BCUT2D eigenvalue weighted by Gasteiger charge is 2.17. The number of benzene rings is 1. The molecule has 0 saturated heterocycles. The van der Waals surface area contributed by atoms with E-state index in [2.05, 4.69) is 53.7 Å². The van der Waals surface area contributed by atoms with Gasteiger partial charge < -0.3 is 4.18 Å². The van der Waals surface area contributed by atoms with Crippen molar-refractivity contribution in [1.29, 1.82) is 0 Å². The zero-order valence-corrected chi connectivity index (χ0v) is 22.1. The van der Waals surface area contributed by atoms with Gasteiger partial charge in [0.2, 0.25) is 0 Å². The maximum atomic E-state index is 14.2. The summed E-state index contributed by atoms with van der Waals surface area (Å²) in [4.78, 5) is 1.13. The first-order valence-electron chi connectivity index (χ1n) is 12.8. The zero-order valence-electron chi connectivity index (χ0n) is 21.3. The Balaban J connectivity index is 2.08. The Morgan fingerprint density at radius 1 is 0.806 bits per heavy atom. The van der Waals surface area contributed by atoms with E-state index in [0.717, 1.165) is 17.7 Å². The molecule has 180 valence electrons. The molecule has 1 aromatic rings. The lowest BCUT2D eigenvalue weighted by Gasteiger charge is -2.22. The largest absolute Gasteiger partial charge is 0.307 e. The minimum Gasteiger partial charge on any atom is -0.307 e. The molecule has 0 aliphatic heterocycles. The van der Waals surface area contributed by atoms with Crippen LogP contribution in [0.5, 0.6) is 0 Å². The predicted octanol–water partition coefficient (Wildman–Crippen LogP) is 10.1. The first-order chi connectivity index (χ1) is 14.8. The van der Waals surface area contributed by atoms with Gasteiger partial charge in [0.1, 0.15) is 6.17 Å². The summed E-state index contributed by atoms with van der Waals surface area (Å²) in [5, 5.41) is 0. The molecule has 0 N–H and O–H groups in total. The van der Waals surface area contributed by atoms with Gasteiger partial charge in [-0.25, -0.2) is 4.39 Å². The summed E-state index contributed by atoms with van der Waals surface area (Å²) in [5.41, 5.74) is 3.90. The first kappa shape index (κ1) is 28.5. The van der Waals surface area contributed by atoms with Crippen molar-refractivity contribution in [2.75, 3.05) is 6.61 Å². The van der Waals surface area contributed by atoms with Crippen molar-refractivity contribution in [2.45, 2.75) is 141 Å². The van der Waals surface area contributed by atoms with Crippen LogP contribution < -0.4 is 0 Å². The summed E-state index contributed by atoms with van der Waals surface area (Å²) in [6.45, 7) is 13.4. The summed E-state index contributed by atoms with van der Waals surface area (Å²) in [5.74, 6) is 0. The lowest BCUT2D eigenvalue weighted by Crippen LogP contribution is -2.12. The number of alkyl halides is 1. The smallest absolute Gasteiger partial charge is 0.125 e. The second kappa shape index (κ2) is 16.1. The van der Waals surface area contributed by atoms with Gasteiger partial charge in [-0.1, -0.05) is 117 Å². The molecule has 0 saturated carbocycles. The number of hydrogen-bond acceptors (Lipinski definition) is 2. The monoisotopic (exact) mass is 452 g/mol. The van der Waals surface area contributed by atoms with E-state index in [1.807, 2.05) is 0 Å². The summed E-state index contributed by atoms with van der Waals surface area (Å²) >= 11 is 1.34. The van der Waals surface area contributed by atoms with Gasteiger partial charge in [-0.3, -0.25) is 0 Å². The van der Waals surface area contributed by atoms with E-state index in [-0.39, 0.29) is 12.0 Å². The van der Waals surface area contributed by atoms with Gasteiger partial charge in [0.25, 0.3) is 0 Å².